The van der Waals surface area contributed by atoms with Gasteiger partial charge in [-0.3, -0.25) is 4.79 Å². The fourth-order valence-corrected chi connectivity index (χ4v) is 4.08. The first-order valence-electron chi connectivity index (χ1n) is 9.55. The van der Waals surface area contributed by atoms with Crippen LogP contribution in [0.5, 0.6) is 0 Å². The van der Waals surface area contributed by atoms with Crippen molar-refractivity contribution in [3.8, 4) is 0 Å². The molecular formula is C21H23Cl2NO6-2. The number of fused-ring (bicyclic) bond motifs is 2. The van der Waals surface area contributed by atoms with Crippen molar-refractivity contribution < 1.29 is 29.3 Å². The van der Waals surface area contributed by atoms with Gasteiger partial charge in [-0.1, -0.05) is 29.3 Å². The van der Waals surface area contributed by atoms with Gasteiger partial charge in [0.25, 0.3) is 0 Å². The third-order valence-corrected chi connectivity index (χ3v) is 6.23. The number of esters is 1. The summed E-state index contributed by atoms with van der Waals surface area (Å²) in [6.07, 6.45) is 5.16. The fraction of sp³-hybridized carbons (Fsp3) is 0.476. The van der Waals surface area contributed by atoms with Gasteiger partial charge < -0.3 is 29.4 Å². The Balaban J connectivity index is 0.000000343. The molecule has 30 heavy (non-hydrogen) atoms. The lowest BCUT2D eigenvalue weighted by molar-refractivity contribution is -0.301. The number of halogens is 2. The first kappa shape index (κ1) is 24.2. The van der Waals surface area contributed by atoms with Gasteiger partial charge in [-0.2, -0.15) is 0 Å². The van der Waals surface area contributed by atoms with Gasteiger partial charge in [0.05, 0.1) is 27.9 Å². The maximum absolute atomic E-state index is 12.4. The molecule has 2 heterocycles. The molecule has 1 aromatic carbocycles. The molecule has 2 aliphatic rings. The molecular weight excluding hydrogens is 433 g/mol. The van der Waals surface area contributed by atoms with Gasteiger partial charge in [0.15, 0.2) is 0 Å². The van der Waals surface area contributed by atoms with Gasteiger partial charge in [-0.05, 0) is 69.5 Å². The Kier molecular flexibility index (Phi) is 8.70. The summed E-state index contributed by atoms with van der Waals surface area (Å²) < 4.78 is 5.77. The zero-order chi connectivity index (χ0) is 22.4. The molecule has 9 heteroatoms. The maximum Gasteiger partial charge on any atom is 0.313 e. The van der Waals surface area contributed by atoms with E-state index in [4.69, 9.17) is 27.9 Å². The second kappa shape index (κ2) is 10.8. The van der Waals surface area contributed by atoms with Crippen LogP contribution in [0.25, 0.3) is 0 Å². The average molecular weight is 456 g/mol. The van der Waals surface area contributed by atoms with Crippen molar-refractivity contribution in [2.24, 2.45) is 0 Å². The van der Waals surface area contributed by atoms with E-state index in [0.717, 1.165) is 18.4 Å². The molecule has 7 nitrogen and oxygen atoms in total. The van der Waals surface area contributed by atoms with E-state index in [1.807, 2.05) is 13.0 Å². The molecule has 3 unspecified atom stereocenters. The van der Waals surface area contributed by atoms with Crippen molar-refractivity contribution in [3.63, 3.8) is 0 Å². The summed E-state index contributed by atoms with van der Waals surface area (Å²) in [7, 11) is 2.18. The van der Waals surface area contributed by atoms with E-state index in [1.165, 1.54) is 12.8 Å². The third-order valence-electron chi connectivity index (χ3n) is 5.49. The van der Waals surface area contributed by atoms with E-state index in [0.29, 0.717) is 34.3 Å². The summed E-state index contributed by atoms with van der Waals surface area (Å²) in [6, 6.07) is 6.43. The number of carboxylic acids is 2. The Labute approximate surface area is 185 Å². The highest BCUT2D eigenvalue weighted by Crippen LogP contribution is 2.36. The molecule has 3 atom stereocenters. The van der Waals surface area contributed by atoms with Crippen molar-refractivity contribution in [3.05, 3.63) is 46.0 Å². The fourth-order valence-electron chi connectivity index (χ4n) is 3.78. The van der Waals surface area contributed by atoms with E-state index >= 15 is 0 Å². The number of nitrogens with zero attached hydrogens (tertiary/aromatic N) is 1. The van der Waals surface area contributed by atoms with Crippen LogP contribution in [-0.4, -0.2) is 48.0 Å². The van der Waals surface area contributed by atoms with E-state index in [-0.39, 0.29) is 18.0 Å². The summed E-state index contributed by atoms with van der Waals surface area (Å²) in [4.78, 5) is 33.7. The quantitative estimate of drug-likeness (QED) is 0.485. The third kappa shape index (κ3) is 6.72. The molecule has 0 aromatic heterocycles. The van der Waals surface area contributed by atoms with E-state index in [9.17, 15) is 24.6 Å². The summed E-state index contributed by atoms with van der Waals surface area (Å²) in [5.41, 5.74) is 0.843. The molecule has 0 radical (unpaired) electrons. The number of carbonyl (C=O) groups is 3. The molecule has 0 N–H and O–H groups in total. The lowest BCUT2D eigenvalue weighted by Gasteiger charge is -2.36. The second-order valence-corrected chi connectivity index (χ2v) is 8.26. The van der Waals surface area contributed by atoms with Crippen molar-refractivity contribution in [1.82, 2.24) is 4.90 Å². The number of piperidine rings is 1. The summed E-state index contributed by atoms with van der Waals surface area (Å²) in [5.74, 6) is -3.59. The standard InChI is InChI=1S/C17H21Cl2NO2.C4H4O4/c1-10(11-3-6-15(18)16(19)7-11)17(21)22-14-8-12-4-5-13(9-14)20(12)2;5-3(6)1-2-4(7)8/h3,6-7,10,12-14H,4-5,8-9H2,1-2H3;1-2H,(H,5,6)(H,7,8)/p-2/b;2-1-. The molecule has 2 bridgehead atoms. The van der Waals surface area contributed by atoms with Crippen molar-refractivity contribution in [2.45, 2.75) is 56.7 Å². The van der Waals surface area contributed by atoms with Crippen LogP contribution in [0.3, 0.4) is 0 Å². The molecule has 0 aliphatic carbocycles. The number of rotatable bonds is 5. The van der Waals surface area contributed by atoms with Crippen molar-refractivity contribution >= 4 is 41.1 Å². The lowest BCUT2D eigenvalue weighted by atomic mass is 9.99. The Morgan fingerprint density at radius 2 is 1.60 bits per heavy atom. The number of benzene rings is 1. The average Bonchev–Trinajstić information content (AvgIpc) is 2.89. The molecule has 0 saturated carbocycles. The minimum absolute atomic E-state index is 0.0476. The van der Waals surface area contributed by atoms with Crippen LogP contribution < -0.4 is 10.2 Å². The van der Waals surface area contributed by atoms with Gasteiger partial charge in [-0.25, -0.2) is 0 Å². The number of hydrogen-bond donors (Lipinski definition) is 0. The molecule has 164 valence electrons. The van der Waals surface area contributed by atoms with Gasteiger partial charge in [0.1, 0.15) is 6.10 Å². The van der Waals surface area contributed by atoms with Gasteiger partial charge in [0.2, 0.25) is 0 Å². The highest BCUT2D eigenvalue weighted by molar-refractivity contribution is 6.42. The Hall–Kier alpha value is -2.09. The van der Waals surface area contributed by atoms with Crippen LogP contribution in [-0.2, 0) is 19.1 Å². The van der Waals surface area contributed by atoms with Crippen LogP contribution in [0, 0.1) is 0 Å². The molecule has 3 rings (SSSR count). The number of aliphatic carboxylic acids is 2. The Morgan fingerprint density at radius 1 is 1.07 bits per heavy atom. The van der Waals surface area contributed by atoms with Crippen LogP contribution >= 0.6 is 23.2 Å². The lowest BCUT2D eigenvalue weighted by Crippen LogP contribution is -2.43. The molecule has 1 aromatic rings. The van der Waals surface area contributed by atoms with E-state index < -0.39 is 11.9 Å². The molecule has 0 spiro atoms. The zero-order valence-electron chi connectivity index (χ0n) is 16.7. The Morgan fingerprint density at radius 3 is 2.07 bits per heavy atom. The van der Waals surface area contributed by atoms with Gasteiger partial charge in [0, 0.05) is 12.1 Å². The SMILES string of the molecule is CC(C(=O)OC1CC2CCC(C1)N2C)c1ccc(Cl)c(Cl)c1.O=C([O-])/C=C\C(=O)[O-]. The molecule has 2 saturated heterocycles. The second-order valence-electron chi connectivity index (χ2n) is 7.45. The monoisotopic (exact) mass is 455 g/mol. The normalized spacial score (nSPS) is 24.1. The largest absolute Gasteiger partial charge is 0.545 e. The predicted octanol–water partition coefficient (Wildman–Crippen LogP) is 1.31. The van der Waals surface area contributed by atoms with Crippen molar-refractivity contribution in [1.29, 1.82) is 0 Å². The van der Waals surface area contributed by atoms with Crippen LogP contribution in [0.15, 0.2) is 30.4 Å². The maximum atomic E-state index is 12.4. The topological polar surface area (TPSA) is 110 Å². The van der Waals surface area contributed by atoms with Crippen molar-refractivity contribution in [2.75, 3.05) is 7.05 Å². The van der Waals surface area contributed by atoms with Gasteiger partial charge >= 0.3 is 5.97 Å². The number of hydrogen-bond acceptors (Lipinski definition) is 7. The number of carboxylic acid groups (broad SMARTS) is 2. The number of ether oxygens (including phenoxy) is 1. The summed E-state index contributed by atoms with van der Waals surface area (Å²) >= 11 is 11.9. The van der Waals surface area contributed by atoms with E-state index in [2.05, 4.69) is 11.9 Å². The Bertz CT molecular complexity index is 798. The molecule has 0 amide bonds. The first-order valence-corrected chi connectivity index (χ1v) is 10.3. The molecule has 2 aliphatic heterocycles. The first-order chi connectivity index (χ1) is 14.1. The summed E-state index contributed by atoms with van der Waals surface area (Å²) in [6.45, 7) is 1.85. The van der Waals surface area contributed by atoms with Gasteiger partial charge in [-0.15, -0.1) is 0 Å². The summed E-state index contributed by atoms with van der Waals surface area (Å²) in [5, 5.41) is 19.8. The smallest absolute Gasteiger partial charge is 0.313 e. The minimum Gasteiger partial charge on any atom is -0.545 e. The predicted molar refractivity (Wildman–Crippen MR) is 108 cm³/mol. The zero-order valence-corrected chi connectivity index (χ0v) is 18.2. The molecule has 2 fully saturated rings. The highest BCUT2D eigenvalue weighted by atomic mass is 35.5. The van der Waals surface area contributed by atoms with E-state index in [1.54, 1.807) is 12.1 Å². The highest BCUT2D eigenvalue weighted by Gasteiger charge is 2.40. The minimum atomic E-state index is -1.55. The van der Waals surface area contributed by atoms with Crippen LogP contribution in [0.4, 0.5) is 0 Å². The van der Waals surface area contributed by atoms with Crippen LogP contribution in [0.1, 0.15) is 44.1 Å². The number of carbonyl (C=O) groups excluding carboxylic acids is 3. The van der Waals surface area contributed by atoms with Crippen LogP contribution in [0.2, 0.25) is 10.0 Å².